The first kappa shape index (κ1) is 12.6. The van der Waals surface area contributed by atoms with Gasteiger partial charge in [-0.3, -0.25) is 4.98 Å². The molecule has 1 N–H and O–H groups in total. The largest absolute Gasteiger partial charge is 0.479 e. The van der Waals surface area contributed by atoms with Crippen molar-refractivity contribution < 1.29 is 14.6 Å². The lowest BCUT2D eigenvalue weighted by Crippen LogP contribution is -2.26. The van der Waals surface area contributed by atoms with Crippen LogP contribution in [0.25, 0.3) is 10.9 Å². The van der Waals surface area contributed by atoms with Gasteiger partial charge >= 0.3 is 5.97 Å². The van der Waals surface area contributed by atoms with Gasteiger partial charge in [-0.05, 0) is 30.7 Å². The van der Waals surface area contributed by atoms with Crippen molar-refractivity contribution in [2.75, 3.05) is 0 Å². The Labute approximate surface area is 109 Å². The number of pyridine rings is 1. The average Bonchev–Trinajstić information content (AvgIpc) is 2.38. The summed E-state index contributed by atoms with van der Waals surface area (Å²) in [5, 5.41) is 10.3. The van der Waals surface area contributed by atoms with E-state index in [-0.39, 0.29) is 0 Å². The molecule has 1 atom stereocenters. The molecule has 94 valence electrons. The molecule has 0 spiro atoms. The highest BCUT2D eigenvalue weighted by Gasteiger charge is 2.18. The summed E-state index contributed by atoms with van der Waals surface area (Å²) in [7, 11) is 0. The number of hydrogen-bond acceptors (Lipinski definition) is 3. The van der Waals surface area contributed by atoms with Gasteiger partial charge < -0.3 is 9.84 Å². The monoisotopic (exact) mass is 265 g/mol. The number of fused-ring (bicyclic) bond motifs is 1. The number of rotatable bonds is 4. The first-order valence-electron chi connectivity index (χ1n) is 5.56. The lowest BCUT2D eigenvalue weighted by Gasteiger charge is -2.14. The zero-order chi connectivity index (χ0) is 13.1. The highest BCUT2D eigenvalue weighted by Crippen LogP contribution is 2.30. The number of carbonyl (C=O) groups is 1. The third kappa shape index (κ3) is 2.38. The Morgan fingerprint density at radius 3 is 2.94 bits per heavy atom. The van der Waals surface area contributed by atoms with E-state index in [1.807, 2.05) is 6.07 Å². The molecule has 5 heteroatoms. The molecule has 0 bridgehead atoms. The van der Waals surface area contributed by atoms with E-state index >= 15 is 0 Å². The summed E-state index contributed by atoms with van der Waals surface area (Å²) in [6.45, 7) is 1.75. The molecule has 2 rings (SSSR count). The second kappa shape index (κ2) is 5.23. The molecule has 18 heavy (non-hydrogen) atoms. The number of carboxylic acid groups (broad SMARTS) is 1. The maximum Gasteiger partial charge on any atom is 0.344 e. The van der Waals surface area contributed by atoms with Crippen LogP contribution in [-0.4, -0.2) is 22.2 Å². The molecule has 2 aromatic rings. The number of carboxylic acids is 1. The van der Waals surface area contributed by atoms with Crippen LogP contribution in [0.15, 0.2) is 30.5 Å². The van der Waals surface area contributed by atoms with Crippen molar-refractivity contribution in [3.63, 3.8) is 0 Å². The number of benzene rings is 1. The van der Waals surface area contributed by atoms with Gasteiger partial charge in [0.25, 0.3) is 0 Å². The molecule has 0 fully saturated rings. The number of halogens is 1. The molecule has 1 aromatic carbocycles. The zero-order valence-corrected chi connectivity index (χ0v) is 10.5. The Kier molecular flexibility index (Phi) is 3.67. The number of ether oxygens (including phenoxy) is 1. The average molecular weight is 266 g/mol. The van der Waals surface area contributed by atoms with Crippen LogP contribution in [0.3, 0.4) is 0 Å². The minimum absolute atomic E-state index is 0.381. The summed E-state index contributed by atoms with van der Waals surface area (Å²) in [5.41, 5.74) is 0.574. The zero-order valence-electron chi connectivity index (χ0n) is 9.76. The van der Waals surface area contributed by atoms with E-state index < -0.39 is 12.1 Å². The van der Waals surface area contributed by atoms with Crippen LogP contribution in [0.1, 0.15) is 13.3 Å². The molecular weight excluding hydrogens is 254 g/mol. The second-order valence-corrected chi connectivity index (χ2v) is 4.21. The molecule has 1 heterocycles. The van der Waals surface area contributed by atoms with E-state index in [2.05, 4.69) is 4.98 Å². The van der Waals surface area contributed by atoms with Crippen molar-refractivity contribution in [1.82, 2.24) is 4.98 Å². The Balaban J connectivity index is 2.45. The van der Waals surface area contributed by atoms with Crippen molar-refractivity contribution in [2.45, 2.75) is 19.4 Å². The SMILES string of the molecule is CCC(Oc1ccc(Cl)c2cccnc12)C(=O)O. The smallest absolute Gasteiger partial charge is 0.344 e. The van der Waals surface area contributed by atoms with Gasteiger partial charge in [0.1, 0.15) is 11.3 Å². The number of aliphatic carboxylic acids is 1. The van der Waals surface area contributed by atoms with Gasteiger partial charge in [-0.25, -0.2) is 4.79 Å². The molecule has 0 amide bonds. The normalized spacial score (nSPS) is 12.3. The fourth-order valence-corrected chi connectivity index (χ4v) is 1.88. The third-order valence-electron chi connectivity index (χ3n) is 2.59. The Morgan fingerprint density at radius 1 is 1.50 bits per heavy atom. The van der Waals surface area contributed by atoms with E-state index in [0.29, 0.717) is 22.7 Å². The van der Waals surface area contributed by atoms with Crippen LogP contribution >= 0.6 is 11.6 Å². The summed E-state index contributed by atoms with van der Waals surface area (Å²) in [6, 6.07) is 6.91. The molecule has 0 saturated carbocycles. The molecular formula is C13H12ClNO3. The predicted octanol–water partition coefficient (Wildman–Crippen LogP) is 3.13. The van der Waals surface area contributed by atoms with Crippen LogP contribution in [0.4, 0.5) is 0 Å². The van der Waals surface area contributed by atoms with Crippen molar-refractivity contribution >= 4 is 28.5 Å². The molecule has 0 radical (unpaired) electrons. The highest BCUT2D eigenvalue weighted by atomic mass is 35.5. The number of aromatic nitrogens is 1. The Morgan fingerprint density at radius 2 is 2.28 bits per heavy atom. The quantitative estimate of drug-likeness (QED) is 0.923. The first-order chi connectivity index (χ1) is 8.63. The van der Waals surface area contributed by atoms with Crippen molar-refractivity contribution in [3.05, 3.63) is 35.5 Å². The van der Waals surface area contributed by atoms with Crippen LogP contribution in [0.5, 0.6) is 5.75 Å². The summed E-state index contributed by atoms with van der Waals surface area (Å²) in [4.78, 5) is 15.2. The molecule has 1 aromatic heterocycles. The molecule has 0 aliphatic heterocycles. The summed E-state index contributed by atoms with van der Waals surface area (Å²) in [6.07, 6.45) is 1.12. The van der Waals surface area contributed by atoms with Gasteiger partial charge in [-0.2, -0.15) is 0 Å². The lowest BCUT2D eigenvalue weighted by molar-refractivity contribution is -0.145. The number of hydrogen-bond donors (Lipinski definition) is 1. The molecule has 1 unspecified atom stereocenters. The van der Waals surface area contributed by atoms with E-state index in [0.717, 1.165) is 5.39 Å². The molecule has 0 aliphatic carbocycles. The minimum atomic E-state index is -0.989. The maximum absolute atomic E-state index is 11.0. The summed E-state index contributed by atoms with van der Waals surface area (Å²) in [5.74, 6) is -0.555. The third-order valence-corrected chi connectivity index (χ3v) is 2.92. The van der Waals surface area contributed by atoms with Gasteiger partial charge in [0.15, 0.2) is 6.10 Å². The first-order valence-corrected chi connectivity index (χ1v) is 5.94. The molecule has 0 aliphatic rings. The Bertz CT molecular complexity index is 585. The van der Waals surface area contributed by atoms with E-state index in [4.69, 9.17) is 21.4 Å². The van der Waals surface area contributed by atoms with Crippen LogP contribution in [-0.2, 0) is 4.79 Å². The van der Waals surface area contributed by atoms with E-state index in [1.54, 1.807) is 31.3 Å². The van der Waals surface area contributed by atoms with Crippen molar-refractivity contribution in [3.8, 4) is 5.75 Å². The van der Waals surface area contributed by atoms with Gasteiger partial charge in [-0.1, -0.05) is 18.5 Å². The topological polar surface area (TPSA) is 59.4 Å². The van der Waals surface area contributed by atoms with Gasteiger partial charge in [-0.15, -0.1) is 0 Å². The summed E-state index contributed by atoms with van der Waals surface area (Å²) >= 11 is 6.05. The predicted molar refractivity (Wildman–Crippen MR) is 69.1 cm³/mol. The fourth-order valence-electron chi connectivity index (χ4n) is 1.67. The fraction of sp³-hybridized carbons (Fsp3) is 0.231. The highest BCUT2D eigenvalue weighted by molar-refractivity contribution is 6.35. The minimum Gasteiger partial charge on any atom is -0.479 e. The van der Waals surface area contributed by atoms with Crippen LogP contribution < -0.4 is 4.74 Å². The van der Waals surface area contributed by atoms with Crippen LogP contribution in [0.2, 0.25) is 5.02 Å². The second-order valence-electron chi connectivity index (χ2n) is 3.80. The number of nitrogens with zero attached hydrogens (tertiary/aromatic N) is 1. The van der Waals surface area contributed by atoms with Gasteiger partial charge in [0.05, 0.1) is 5.02 Å². The molecule has 4 nitrogen and oxygen atoms in total. The Hall–Kier alpha value is -1.81. The van der Waals surface area contributed by atoms with Gasteiger partial charge in [0.2, 0.25) is 0 Å². The maximum atomic E-state index is 11.0. The van der Waals surface area contributed by atoms with Crippen molar-refractivity contribution in [2.24, 2.45) is 0 Å². The van der Waals surface area contributed by atoms with Gasteiger partial charge in [0, 0.05) is 11.6 Å². The molecule has 0 saturated heterocycles. The van der Waals surface area contributed by atoms with Crippen molar-refractivity contribution in [1.29, 1.82) is 0 Å². The summed E-state index contributed by atoms with van der Waals surface area (Å²) < 4.78 is 5.47. The standard InChI is InChI=1S/C13H12ClNO3/c1-2-10(13(16)17)18-11-6-5-9(14)8-4-3-7-15-12(8)11/h3-7,10H,2H2,1H3,(H,16,17). The lowest BCUT2D eigenvalue weighted by atomic mass is 10.2. The van der Waals surface area contributed by atoms with Crippen LogP contribution in [0, 0.1) is 0 Å². The van der Waals surface area contributed by atoms with E-state index in [1.165, 1.54) is 0 Å². The van der Waals surface area contributed by atoms with E-state index in [9.17, 15) is 4.79 Å².